The quantitative estimate of drug-likeness (QED) is 0.927. The van der Waals surface area contributed by atoms with Crippen molar-refractivity contribution in [2.45, 2.75) is 26.8 Å². The molecule has 5 nitrogen and oxygen atoms in total. The number of furan rings is 1. The van der Waals surface area contributed by atoms with Crippen LogP contribution in [0.1, 0.15) is 27.2 Å². The average molecular weight is 344 g/mol. The van der Waals surface area contributed by atoms with Gasteiger partial charge in [-0.05, 0) is 38.5 Å². The van der Waals surface area contributed by atoms with E-state index in [2.05, 4.69) is 5.32 Å². The van der Waals surface area contributed by atoms with Crippen molar-refractivity contribution in [2.75, 3.05) is 16.9 Å². The van der Waals surface area contributed by atoms with Crippen molar-refractivity contribution in [2.24, 2.45) is 0 Å². The second-order valence-electron chi connectivity index (χ2n) is 5.99. The van der Waals surface area contributed by atoms with Gasteiger partial charge in [0.25, 0.3) is 5.91 Å². The van der Waals surface area contributed by atoms with Crippen molar-refractivity contribution < 1.29 is 14.0 Å². The van der Waals surface area contributed by atoms with E-state index in [4.69, 9.17) is 4.42 Å². The van der Waals surface area contributed by atoms with Crippen LogP contribution in [-0.4, -0.2) is 34.4 Å². The first-order chi connectivity index (χ1) is 11.5. The number of hydrogen-bond acceptors (Lipinski definition) is 4. The van der Waals surface area contributed by atoms with Crippen molar-refractivity contribution >= 4 is 29.3 Å². The van der Waals surface area contributed by atoms with Crippen molar-refractivity contribution in [1.82, 2.24) is 4.90 Å². The molecule has 0 unspecified atom stereocenters. The zero-order valence-corrected chi connectivity index (χ0v) is 14.8. The van der Waals surface area contributed by atoms with E-state index in [0.29, 0.717) is 23.0 Å². The molecule has 0 bridgehead atoms. The molecule has 3 rings (SSSR count). The maximum absolute atomic E-state index is 12.7. The number of nitrogens with one attached hydrogen (secondary N) is 1. The van der Waals surface area contributed by atoms with Gasteiger partial charge >= 0.3 is 0 Å². The van der Waals surface area contributed by atoms with Gasteiger partial charge in [-0.1, -0.05) is 17.7 Å². The van der Waals surface area contributed by atoms with Gasteiger partial charge < -0.3 is 14.6 Å². The van der Waals surface area contributed by atoms with E-state index in [1.165, 1.54) is 6.26 Å². The van der Waals surface area contributed by atoms with Crippen LogP contribution < -0.4 is 5.32 Å². The summed E-state index contributed by atoms with van der Waals surface area (Å²) in [6, 6.07) is 7.06. The molecule has 1 N–H and O–H groups in total. The third kappa shape index (κ3) is 3.19. The largest absolute Gasteiger partial charge is 0.469 e. The minimum atomic E-state index is -0.475. The normalized spacial score (nSPS) is 17.1. The Morgan fingerprint density at radius 1 is 1.25 bits per heavy atom. The highest BCUT2D eigenvalue weighted by Gasteiger charge is 2.36. The summed E-state index contributed by atoms with van der Waals surface area (Å²) in [6.45, 7) is 5.73. The second-order valence-corrected chi connectivity index (χ2v) is 6.99. The van der Waals surface area contributed by atoms with E-state index in [1.54, 1.807) is 29.7 Å². The van der Waals surface area contributed by atoms with Crippen molar-refractivity contribution in [1.29, 1.82) is 0 Å². The van der Waals surface area contributed by atoms with Gasteiger partial charge in [-0.25, -0.2) is 0 Å². The van der Waals surface area contributed by atoms with E-state index in [9.17, 15) is 9.59 Å². The van der Waals surface area contributed by atoms with Gasteiger partial charge in [-0.15, -0.1) is 11.8 Å². The predicted octanol–water partition coefficient (Wildman–Crippen LogP) is 3.36. The third-order valence-corrected chi connectivity index (χ3v) is 5.19. The first-order valence-corrected chi connectivity index (χ1v) is 8.94. The maximum atomic E-state index is 12.7. The molecule has 0 radical (unpaired) electrons. The zero-order chi connectivity index (χ0) is 17.3. The summed E-state index contributed by atoms with van der Waals surface area (Å²) in [4.78, 5) is 27.0. The molecule has 6 heteroatoms. The summed E-state index contributed by atoms with van der Waals surface area (Å²) in [7, 11) is 0. The number of rotatable bonds is 3. The monoisotopic (exact) mass is 344 g/mol. The van der Waals surface area contributed by atoms with Gasteiger partial charge in [-0.2, -0.15) is 0 Å². The molecule has 0 aliphatic carbocycles. The smallest absolute Gasteiger partial charge is 0.258 e. The lowest BCUT2D eigenvalue weighted by Crippen LogP contribution is -2.44. The van der Waals surface area contributed by atoms with Gasteiger partial charge in [0.2, 0.25) is 5.91 Å². The minimum Gasteiger partial charge on any atom is -0.469 e. The summed E-state index contributed by atoms with van der Waals surface area (Å²) < 4.78 is 5.21. The Kier molecular flexibility index (Phi) is 4.66. The summed E-state index contributed by atoms with van der Waals surface area (Å²) in [6.07, 6.45) is 1.50. The topological polar surface area (TPSA) is 62.6 Å². The molecule has 1 aromatic heterocycles. The molecule has 2 heterocycles. The Hall–Kier alpha value is -2.21. The van der Waals surface area contributed by atoms with Crippen LogP contribution in [0.4, 0.5) is 5.69 Å². The molecule has 1 saturated heterocycles. The van der Waals surface area contributed by atoms with Crippen molar-refractivity contribution in [3.63, 3.8) is 0 Å². The molecular formula is C18H20N2O3S. The van der Waals surface area contributed by atoms with Crippen LogP contribution in [0.25, 0.3) is 0 Å². The molecule has 1 fully saturated rings. The van der Waals surface area contributed by atoms with Crippen LogP contribution in [0.15, 0.2) is 34.9 Å². The maximum Gasteiger partial charge on any atom is 0.258 e. The van der Waals surface area contributed by atoms with E-state index in [0.717, 1.165) is 16.8 Å². The highest BCUT2D eigenvalue weighted by Crippen LogP contribution is 2.26. The number of hydrogen-bond donors (Lipinski definition) is 1. The average Bonchev–Trinajstić information content (AvgIpc) is 3.18. The lowest BCUT2D eigenvalue weighted by atomic mass is 10.1. The van der Waals surface area contributed by atoms with Crippen LogP contribution in [0.5, 0.6) is 0 Å². The number of carbonyl (C=O) groups excluding carboxylic acids is 2. The third-order valence-electron chi connectivity index (χ3n) is 4.17. The standard InChI is InChI=1S/C18H20N2O3S/c1-11-4-5-15(12(2)8-11)19-17(21)16-9-24-10-20(16)18(22)14-6-7-23-13(14)3/h4-8,16H,9-10H2,1-3H3,(H,19,21)/t16-/m0/s1. The van der Waals surface area contributed by atoms with Crippen LogP contribution in [0, 0.1) is 20.8 Å². The number of anilines is 1. The summed E-state index contributed by atoms with van der Waals surface area (Å²) in [5.74, 6) is 1.37. The zero-order valence-electron chi connectivity index (χ0n) is 14.0. The molecular weight excluding hydrogens is 324 g/mol. The predicted molar refractivity (Wildman–Crippen MR) is 95.3 cm³/mol. The van der Waals surface area contributed by atoms with Gasteiger partial charge in [0, 0.05) is 11.4 Å². The number of thioether (sulfide) groups is 1. The second kappa shape index (κ2) is 6.73. The lowest BCUT2D eigenvalue weighted by Gasteiger charge is -2.23. The molecule has 1 aliphatic rings. The molecule has 0 spiro atoms. The fourth-order valence-electron chi connectivity index (χ4n) is 2.79. The number of benzene rings is 1. The van der Waals surface area contributed by atoms with Gasteiger partial charge in [-0.3, -0.25) is 9.59 Å². The molecule has 1 atom stereocenters. The first kappa shape index (κ1) is 16.6. The highest BCUT2D eigenvalue weighted by molar-refractivity contribution is 7.99. The molecule has 1 aromatic carbocycles. The Labute approximate surface area is 145 Å². The van der Waals surface area contributed by atoms with Crippen LogP contribution in [0.2, 0.25) is 0 Å². The fourth-order valence-corrected chi connectivity index (χ4v) is 3.95. The highest BCUT2D eigenvalue weighted by atomic mass is 32.2. The number of amides is 2. The summed E-state index contributed by atoms with van der Waals surface area (Å²) >= 11 is 1.58. The van der Waals surface area contributed by atoms with Gasteiger partial charge in [0.15, 0.2) is 0 Å². The lowest BCUT2D eigenvalue weighted by molar-refractivity contribution is -0.119. The van der Waals surface area contributed by atoms with Crippen molar-refractivity contribution in [3.05, 3.63) is 53.0 Å². The first-order valence-electron chi connectivity index (χ1n) is 7.78. The van der Waals surface area contributed by atoms with Gasteiger partial charge in [0.1, 0.15) is 11.8 Å². The number of nitrogens with zero attached hydrogens (tertiary/aromatic N) is 1. The molecule has 126 valence electrons. The van der Waals surface area contributed by atoms with Crippen LogP contribution >= 0.6 is 11.8 Å². The van der Waals surface area contributed by atoms with Crippen LogP contribution in [0.3, 0.4) is 0 Å². The molecule has 2 amide bonds. The summed E-state index contributed by atoms with van der Waals surface area (Å²) in [5, 5.41) is 2.95. The Morgan fingerprint density at radius 3 is 2.71 bits per heavy atom. The Bertz CT molecular complexity index is 784. The molecule has 0 saturated carbocycles. The van der Waals surface area contributed by atoms with E-state index >= 15 is 0 Å². The number of carbonyl (C=O) groups is 2. The molecule has 24 heavy (non-hydrogen) atoms. The molecule has 2 aromatic rings. The number of aryl methyl sites for hydroxylation is 3. The van der Waals surface area contributed by atoms with Crippen LogP contribution in [-0.2, 0) is 4.79 Å². The minimum absolute atomic E-state index is 0.151. The van der Waals surface area contributed by atoms with Gasteiger partial charge in [0.05, 0.1) is 17.7 Å². The molecule has 1 aliphatic heterocycles. The Morgan fingerprint density at radius 2 is 2.04 bits per heavy atom. The SMILES string of the molecule is Cc1ccc(NC(=O)[C@@H]2CSCN2C(=O)c2ccoc2C)c(C)c1. The van der Waals surface area contributed by atoms with E-state index < -0.39 is 6.04 Å². The summed E-state index contributed by atoms with van der Waals surface area (Å²) in [5.41, 5.74) is 3.46. The Balaban J connectivity index is 1.76. The fraction of sp³-hybridized carbons (Fsp3) is 0.333. The van der Waals surface area contributed by atoms with Crippen molar-refractivity contribution in [3.8, 4) is 0 Å². The van der Waals surface area contributed by atoms with E-state index in [1.807, 2.05) is 32.0 Å². The van der Waals surface area contributed by atoms with E-state index in [-0.39, 0.29) is 11.8 Å².